The lowest BCUT2D eigenvalue weighted by Crippen LogP contribution is -2.56. The van der Waals surface area contributed by atoms with Crippen molar-refractivity contribution in [1.29, 1.82) is 0 Å². The molecule has 39 heavy (non-hydrogen) atoms. The highest BCUT2D eigenvalue weighted by Crippen LogP contribution is 2.53. The molecule has 3 aliphatic heterocycles. The first-order valence-electron chi connectivity index (χ1n) is 14.9. The molecular weight excluding hydrogens is 521 g/mol. The van der Waals surface area contributed by atoms with E-state index in [0.29, 0.717) is 5.41 Å². The molecule has 3 fully saturated rings. The van der Waals surface area contributed by atoms with E-state index in [0.717, 1.165) is 30.0 Å². The molecule has 2 aromatic rings. The van der Waals surface area contributed by atoms with Gasteiger partial charge in [-0.25, -0.2) is 4.31 Å². The maximum Gasteiger partial charge on any atom is 0.146 e. The van der Waals surface area contributed by atoms with Gasteiger partial charge in [-0.05, 0) is 93.0 Å². The van der Waals surface area contributed by atoms with Gasteiger partial charge in [-0.2, -0.15) is 13.5 Å². The van der Waals surface area contributed by atoms with Gasteiger partial charge in [0, 0.05) is 63.8 Å². The summed E-state index contributed by atoms with van der Waals surface area (Å²) in [6, 6.07) is 18.1. The molecule has 7 heteroatoms. The summed E-state index contributed by atoms with van der Waals surface area (Å²) in [4.78, 5) is 7.94. The standard InChI is InChI=1S/C32H46N4OS.H2S/c1-33(2)38-37-30-14-12-29(13-15-30)36-21-25(22-36)20-35-18-16-28(17-19-35)32(27-9-5-6-10-27)24-34(3)23-26-8-4-7-11-31(26)32;/h4,7-8,11-15,25,27-28H,5-6,9-10,16-24H2,1-3H3;1H2. The minimum atomic E-state index is 0. The molecule has 1 unspecified atom stereocenters. The number of hydrogen-bond donors (Lipinski definition) is 0. The molecule has 2 aromatic carbocycles. The Morgan fingerprint density at radius 2 is 1.59 bits per heavy atom. The molecule has 214 valence electrons. The van der Waals surface area contributed by atoms with Crippen LogP contribution in [0.2, 0.25) is 0 Å². The third kappa shape index (κ3) is 6.13. The number of nitrogens with zero attached hydrogens (tertiary/aromatic N) is 4. The zero-order valence-corrected chi connectivity index (χ0v) is 26.0. The molecule has 0 bridgehead atoms. The molecule has 3 heterocycles. The van der Waals surface area contributed by atoms with Crippen molar-refractivity contribution in [3.63, 3.8) is 0 Å². The maximum absolute atomic E-state index is 5.71. The molecule has 5 nitrogen and oxygen atoms in total. The zero-order chi connectivity index (χ0) is 26.1. The van der Waals surface area contributed by atoms with E-state index in [1.165, 1.54) is 95.7 Å². The van der Waals surface area contributed by atoms with Gasteiger partial charge in [0.05, 0.1) is 0 Å². The van der Waals surface area contributed by atoms with Gasteiger partial charge in [0.2, 0.25) is 0 Å². The number of likely N-dealkylation sites (N-methyl/N-ethyl adjacent to an activating group) is 1. The molecule has 1 saturated carbocycles. The van der Waals surface area contributed by atoms with Crippen molar-refractivity contribution in [3.8, 4) is 5.75 Å². The third-order valence-electron chi connectivity index (χ3n) is 9.85. The Balaban J connectivity index is 0.00000308. The van der Waals surface area contributed by atoms with Crippen molar-refractivity contribution in [3.05, 3.63) is 59.7 Å². The van der Waals surface area contributed by atoms with Gasteiger partial charge in [0.25, 0.3) is 0 Å². The van der Waals surface area contributed by atoms with Crippen molar-refractivity contribution in [1.82, 2.24) is 14.1 Å². The summed E-state index contributed by atoms with van der Waals surface area (Å²) in [6.45, 7) is 8.54. The van der Waals surface area contributed by atoms with Gasteiger partial charge in [0.15, 0.2) is 0 Å². The van der Waals surface area contributed by atoms with Crippen molar-refractivity contribution in [2.45, 2.75) is 50.5 Å². The fourth-order valence-electron chi connectivity index (χ4n) is 8.19. The minimum absolute atomic E-state index is 0. The van der Waals surface area contributed by atoms with Crippen molar-refractivity contribution in [2.75, 3.05) is 65.3 Å². The first-order valence-corrected chi connectivity index (χ1v) is 15.6. The average molecular weight is 569 g/mol. The van der Waals surface area contributed by atoms with Crippen LogP contribution in [0.25, 0.3) is 0 Å². The van der Waals surface area contributed by atoms with E-state index in [9.17, 15) is 0 Å². The van der Waals surface area contributed by atoms with Crippen LogP contribution in [0.1, 0.15) is 49.7 Å². The summed E-state index contributed by atoms with van der Waals surface area (Å²) in [5.41, 5.74) is 5.00. The van der Waals surface area contributed by atoms with Gasteiger partial charge in [-0.15, -0.1) is 0 Å². The lowest BCUT2D eigenvalue weighted by molar-refractivity contribution is 0.0420. The van der Waals surface area contributed by atoms with E-state index in [-0.39, 0.29) is 13.5 Å². The van der Waals surface area contributed by atoms with Gasteiger partial charge in [-0.3, -0.25) is 0 Å². The molecule has 4 aliphatic rings. The lowest BCUT2D eigenvalue weighted by atomic mass is 9.57. The number of piperidine rings is 1. The van der Waals surface area contributed by atoms with Crippen molar-refractivity contribution < 1.29 is 4.18 Å². The van der Waals surface area contributed by atoms with Crippen LogP contribution in [-0.4, -0.2) is 74.5 Å². The highest BCUT2D eigenvalue weighted by atomic mass is 32.2. The maximum atomic E-state index is 5.71. The quantitative estimate of drug-likeness (QED) is 0.285. The van der Waals surface area contributed by atoms with E-state index < -0.39 is 0 Å². The highest BCUT2D eigenvalue weighted by molar-refractivity contribution is 7.92. The molecule has 0 amide bonds. The van der Waals surface area contributed by atoms with Crippen LogP contribution in [0.4, 0.5) is 5.69 Å². The second-order valence-corrected chi connectivity index (χ2v) is 13.7. The predicted molar refractivity (Wildman–Crippen MR) is 170 cm³/mol. The molecular formula is C32H48N4OS2. The molecule has 0 radical (unpaired) electrons. The number of hydrogen-bond acceptors (Lipinski definition) is 6. The molecule has 0 aromatic heterocycles. The highest BCUT2D eigenvalue weighted by Gasteiger charge is 2.51. The van der Waals surface area contributed by atoms with E-state index in [1.54, 1.807) is 11.1 Å². The van der Waals surface area contributed by atoms with Crippen LogP contribution in [0, 0.1) is 17.8 Å². The molecule has 1 aliphatic carbocycles. The average Bonchev–Trinajstić information content (AvgIpc) is 3.45. The summed E-state index contributed by atoms with van der Waals surface area (Å²) < 4.78 is 7.66. The second kappa shape index (κ2) is 12.6. The normalized spacial score (nSPS) is 25.4. The number of rotatable bonds is 8. The van der Waals surface area contributed by atoms with E-state index in [4.69, 9.17) is 4.18 Å². The van der Waals surface area contributed by atoms with Crippen LogP contribution in [-0.2, 0) is 12.0 Å². The Morgan fingerprint density at radius 1 is 0.923 bits per heavy atom. The van der Waals surface area contributed by atoms with Gasteiger partial charge >= 0.3 is 0 Å². The van der Waals surface area contributed by atoms with E-state index in [2.05, 4.69) is 70.3 Å². The molecule has 6 rings (SSSR count). The van der Waals surface area contributed by atoms with Gasteiger partial charge in [0.1, 0.15) is 18.0 Å². The van der Waals surface area contributed by atoms with Crippen LogP contribution >= 0.6 is 25.7 Å². The Morgan fingerprint density at radius 3 is 2.28 bits per heavy atom. The Hall–Kier alpha value is -1.38. The fourth-order valence-corrected chi connectivity index (χ4v) is 8.53. The topological polar surface area (TPSA) is 22.2 Å². The smallest absolute Gasteiger partial charge is 0.146 e. The second-order valence-electron chi connectivity index (χ2n) is 12.7. The summed E-state index contributed by atoms with van der Waals surface area (Å²) in [7, 11) is 6.34. The van der Waals surface area contributed by atoms with E-state index in [1.807, 2.05) is 18.4 Å². The third-order valence-corrected chi connectivity index (χ3v) is 10.4. The minimum Gasteiger partial charge on any atom is -0.409 e. The largest absolute Gasteiger partial charge is 0.409 e. The Kier molecular flexibility index (Phi) is 9.44. The van der Waals surface area contributed by atoms with Gasteiger partial charge < -0.3 is 18.9 Å². The van der Waals surface area contributed by atoms with Crippen molar-refractivity contribution >= 4 is 31.4 Å². The zero-order valence-electron chi connectivity index (χ0n) is 24.1. The monoisotopic (exact) mass is 568 g/mol. The predicted octanol–water partition coefficient (Wildman–Crippen LogP) is 6.02. The van der Waals surface area contributed by atoms with Crippen LogP contribution in [0.5, 0.6) is 5.75 Å². The van der Waals surface area contributed by atoms with Crippen molar-refractivity contribution in [2.24, 2.45) is 17.8 Å². The molecule has 0 spiro atoms. The summed E-state index contributed by atoms with van der Waals surface area (Å²) in [5, 5.41) is 0. The molecule has 1 atom stereocenters. The number of benzene rings is 2. The summed E-state index contributed by atoms with van der Waals surface area (Å²) >= 11 is 1.36. The van der Waals surface area contributed by atoms with Crippen LogP contribution < -0.4 is 9.08 Å². The van der Waals surface area contributed by atoms with E-state index >= 15 is 0 Å². The first kappa shape index (κ1) is 29.1. The Bertz CT molecular complexity index is 1060. The lowest BCUT2D eigenvalue weighted by Gasteiger charge is -2.54. The van der Waals surface area contributed by atoms with Gasteiger partial charge in [-0.1, -0.05) is 37.1 Å². The SMILES string of the molecule is CN1Cc2ccccc2C(C2CCCC2)(C2CCN(CC3CN(c4ccc(OSN(C)C)cc4)C3)CC2)C1.S. The number of likely N-dealkylation sites (tertiary alicyclic amines) is 1. The Labute approximate surface area is 248 Å². The van der Waals surface area contributed by atoms with Crippen LogP contribution in [0.15, 0.2) is 48.5 Å². The van der Waals surface area contributed by atoms with Crippen LogP contribution in [0.3, 0.4) is 0 Å². The number of anilines is 1. The molecule has 0 N–H and O–H groups in total. The summed E-state index contributed by atoms with van der Waals surface area (Å²) in [5.74, 6) is 3.38. The first-order chi connectivity index (χ1) is 18.5. The fraction of sp³-hybridized carbons (Fsp3) is 0.625. The molecule has 2 saturated heterocycles. The number of fused-ring (bicyclic) bond motifs is 1. The summed E-state index contributed by atoms with van der Waals surface area (Å²) in [6.07, 6.45) is 8.45.